The quantitative estimate of drug-likeness (QED) is 0.449. The van der Waals surface area contributed by atoms with Crippen molar-refractivity contribution in [3.63, 3.8) is 0 Å². The second-order valence-corrected chi connectivity index (χ2v) is 3.96. The highest BCUT2D eigenvalue weighted by Crippen LogP contribution is 2.35. The molecular weight excluding hydrogens is 326 g/mol. The Morgan fingerprint density at radius 3 is 2.33 bits per heavy atom. The van der Waals surface area contributed by atoms with Crippen LogP contribution in [0.25, 0.3) is 0 Å². The lowest BCUT2D eigenvalue weighted by Crippen LogP contribution is -2.07. The van der Waals surface area contributed by atoms with Crippen LogP contribution in [0.2, 0.25) is 0 Å². The molecule has 0 spiro atoms. The molecule has 0 saturated heterocycles. The SMILES string of the molecule is Cc1cc(C(F)(F)F)cc([N+](=O)[O-])c1I. The molecule has 0 aliphatic rings. The summed E-state index contributed by atoms with van der Waals surface area (Å²) in [6.07, 6.45) is -4.56. The van der Waals surface area contributed by atoms with E-state index in [0.29, 0.717) is 6.07 Å². The zero-order chi connectivity index (χ0) is 11.8. The van der Waals surface area contributed by atoms with Crippen molar-refractivity contribution in [3.05, 3.63) is 36.9 Å². The van der Waals surface area contributed by atoms with E-state index in [1.807, 2.05) is 0 Å². The van der Waals surface area contributed by atoms with E-state index in [-0.39, 0.29) is 9.13 Å². The largest absolute Gasteiger partial charge is 0.416 e. The fourth-order valence-corrected chi connectivity index (χ4v) is 1.56. The highest BCUT2D eigenvalue weighted by atomic mass is 127. The van der Waals surface area contributed by atoms with Crippen molar-refractivity contribution in [1.29, 1.82) is 0 Å². The van der Waals surface area contributed by atoms with Gasteiger partial charge in [0.2, 0.25) is 0 Å². The number of hydrogen-bond donors (Lipinski definition) is 0. The normalized spacial score (nSPS) is 11.5. The average Bonchev–Trinajstić information content (AvgIpc) is 2.06. The van der Waals surface area contributed by atoms with Gasteiger partial charge in [-0.15, -0.1) is 0 Å². The van der Waals surface area contributed by atoms with Crippen molar-refractivity contribution in [2.45, 2.75) is 13.1 Å². The first kappa shape index (κ1) is 12.2. The first-order valence-electron chi connectivity index (χ1n) is 3.75. The van der Waals surface area contributed by atoms with Gasteiger partial charge >= 0.3 is 6.18 Å². The Balaban J connectivity index is 3.43. The molecule has 0 atom stereocenters. The van der Waals surface area contributed by atoms with Crippen LogP contribution in [0.1, 0.15) is 11.1 Å². The van der Waals surface area contributed by atoms with E-state index in [4.69, 9.17) is 0 Å². The minimum absolute atomic E-state index is 0.227. The molecule has 0 amide bonds. The van der Waals surface area contributed by atoms with Crippen LogP contribution in [-0.2, 0) is 6.18 Å². The second-order valence-electron chi connectivity index (χ2n) is 2.88. The molecule has 82 valence electrons. The van der Waals surface area contributed by atoms with E-state index in [0.717, 1.165) is 6.07 Å². The molecule has 0 radical (unpaired) electrons. The Morgan fingerprint density at radius 1 is 1.40 bits per heavy atom. The molecular formula is C8H5F3INO2. The molecule has 1 aromatic rings. The first-order valence-corrected chi connectivity index (χ1v) is 4.83. The lowest BCUT2D eigenvalue weighted by Gasteiger charge is -2.08. The summed E-state index contributed by atoms with van der Waals surface area (Å²) in [7, 11) is 0. The van der Waals surface area contributed by atoms with Crippen molar-refractivity contribution in [3.8, 4) is 0 Å². The Bertz CT molecular complexity index is 417. The average molecular weight is 331 g/mol. The molecule has 1 aromatic carbocycles. The van der Waals surface area contributed by atoms with Crippen LogP contribution in [0.15, 0.2) is 12.1 Å². The molecule has 3 nitrogen and oxygen atoms in total. The molecule has 0 aliphatic heterocycles. The van der Waals surface area contributed by atoms with E-state index < -0.39 is 22.4 Å². The molecule has 0 bridgehead atoms. The number of halogens is 4. The molecule has 0 N–H and O–H groups in total. The maximum Gasteiger partial charge on any atom is 0.416 e. The fourth-order valence-electron chi connectivity index (χ4n) is 1.05. The summed E-state index contributed by atoms with van der Waals surface area (Å²) in [4.78, 5) is 9.67. The zero-order valence-corrected chi connectivity index (χ0v) is 9.59. The van der Waals surface area contributed by atoms with Gasteiger partial charge in [0.1, 0.15) is 0 Å². The summed E-state index contributed by atoms with van der Waals surface area (Å²) in [5.74, 6) is 0. The third-order valence-electron chi connectivity index (χ3n) is 1.76. The molecule has 1 rings (SSSR count). The van der Waals surface area contributed by atoms with Gasteiger partial charge in [-0.1, -0.05) is 0 Å². The number of nitro groups is 1. The summed E-state index contributed by atoms with van der Waals surface area (Å²) in [6, 6.07) is 1.45. The third-order valence-corrected chi connectivity index (χ3v) is 3.16. The Labute approximate surface area is 96.6 Å². The monoisotopic (exact) mass is 331 g/mol. The van der Waals surface area contributed by atoms with Gasteiger partial charge in [0.05, 0.1) is 14.1 Å². The standard InChI is InChI=1S/C8H5F3INO2/c1-4-2-5(8(9,10)11)3-6(7(4)12)13(14)15/h2-3H,1H3. The van der Waals surface area contributed by atoms with E-state index in [1.54, 1.807) is 22.6 Å². The van der Waals surface area contributed by atoms with E-state index in [1.165, 1.54) is 6.92 Å². The van der Waals surface area contributed by atoms with Crippen molar-refractivity contribution >= 4 is 28.3 Å². The van der Waals surface area contributed by atoms with Gasteiger partial charge < -0.3 is 0 Å². The first-order chi connectivity index (χ1) is 6.73. The molecule has 0 aliphatic carbocycles. The van der Waals surface area contributed by atoms with E-state index in [2.05, 4.69) is 0 Å². The van der Waals surface area contributed by atoms with Gasteiger partial charge in [-0.3, -0.25) is 10.1 Å². The Hall–Kier alpha value is -0.860. The minimum atomic E-state index is -4.56. The van der Waals surface area contributed by atoms with Gasteiger partial charge in [-0.2, -0.15) is 13.2 Å². The molecule has 0 aromatic heterocycles. The van der Waals surface area contributed by atoms with Gasteiger partial charge in [0.25, 0.3) is 5.69 Å². The third kappa shape index (κ3) is 2.58. The van der Waals surface area contributed by atoms with E-state index in [9.17, 15) is 23.3 Å². The number of nitro benzene ring substituents is 1. The molecule has 0 unspecified atom stereocenters. The zero-order valence-electron chi connectivity index (χ0n) is 7.43. The van der Waals surface area contributed by atoms with Crippen molar-refractivity contribution in [1.82, 2.24) is 0 Å². The van der Waals surface area contributed by atoms with Crippen molar-refractivity contribution < 1.29 is 18.1 Å². The number of aryl methyl sites for hydroxylation is 1. The minimum Gasteiger partial charge on any atom is -0.258 e. The fraction of sp³-hybridized carbons (Fsp3) is 0.250. The molecule has 0 heterocycles. The van der Waals surface area contributed by atoms with Gasteiger partial charge in [0, 0.05) is 6.07 Å². The molecule has 0 saturated carbocycles. The van der Waals surface area contributed by atoms with Crippen LogP contribution in [0.5, 0.6) is 0 Å². The Morgan fingerprint density at radius 2 is 1.93 bits per heavy atom. The van der Waals surface area contributed by atoms with Crippen LogP contribution in [0.3, 0.4) is 0 Å². The highest BCUT2D eigenvalue weighted by molar-refractivity contribution is 14.1. The lowest BCUT2D eigenvalue weighted by atomic mass is 10.1. The van der Waals surface area contributed by atoms with E-state index >= 15 is 0 Å². The number of benzene rings is 1. The predicted octanol–water partition coefficient (Wildman–Crippen LogP) is 3.53. The smallest absolute Gasteiger partial charge is 0.258 e. The van der Waals surface area contributed by atoms with Crippen LogP contribution in [0.4, 0.5) is 18.9 Å². The van der Waals surface area contributed by atoms with Crippen molar-refractivity contribution in [2.24, 2.45) is 0 Å². The van der Waals surface area contributed by atoms with Gasteiger partial charge in [-0.25, -0.2) is 0 Å². The highest BCUT2D eigenvalue weighted by Gasteiger charge is 2.33. The number of rotatable bonds is 1. The van der Waals surface area contributed by atoms with Crippen LogP contribution < -0.4 is 0 Å². The maximum atomic E-state index is 12.3. The summed E-state index contributed by atoms with van der Waals surface area (Å²) in [5.41, 5.74) is -1.26. The van der Waals surface area contributed by atoms with Crippen molar-refractivity contribution in [2.75, 3.05) is 0 Å². The van der Waals surface area contributed by atoms with Gasteiger partial charge in [-0.05, 0) is 41.1 Å². The topological polar surface area (TPSA) is 43.1 Å². The summed E-state index contributed by atoms with van der Waals surface area (Å²) < 4.78 is 37.2. The Kier molecular flexibility index (Phi) is 3.22. The molecule has 7 heteroatoms. The van der Waals surface area contributed by atoms with Gasteiger partial charge in [0.15, 0.2) is 0 Å². The molecule has 15 heavy (non-hydrogen) atoms. The van der Waals surface area contributed by atoms with Crippen LogP contribution in [-0.4, -0.2) is 4.92 Å². The summed E-state index contributed by atoms with van der Waals surface area (Å²) >= 11 is 1.66. The summed E-state index contributed by atoms with van der Waals surface area (Å²) in [5, 5.41) is 10.5. The van der Waals surface area contributed by atoms with Crippen LogP contribution >= 0.6 is 22.6 Å². The summed E-state index contributed by atoms with van der Waals surface area (Å²) in [6.45, 7) is 1.41. The number of alkyl halides is 3. The molecule has 0 fully saturated rings. The predicted molar refractivity (Wildman–Crippen MR) is 55.6 cm³/mol. The number of nitrogens with zero attached hydrogens (tertiary/aromatic N) is 1. The van der Waals surface area contributed by atoms with Crippen LogP contribution in [0, 0.1) is 20.6 Å². The lowest BCUT2D eigenvalue weighted by molar-refractivity contribution is -0.386. The number of hydrogen-bond acceptors (Lipinski definition) is 2. The maximum absolute atomic E-state index is 12.3. The second kappa shape index (κ2) is 3.95.